The van der Waals surface area contributed by atoms with Crippen molar-refractivity contribution in [1.29, 1.82) is 0 Å². The van der Waals surface area contributed by atoms with Gasteiger partial charge < -0.3 is 15.2 Å². The second kappa shape index (κ2) is 8.68. The van der Waals surface area contributed by atoms with Gasteiger partial charge >= 0.3 is 0 Å². The molecule has 0 aliphatic carbocycles. The third-order valence-electron chi connectivity index (χ3n) is 3.49. The monoisotopic (exact) mass is 530 g/mol. The minimum atomic E-state index is -0.310. The molecule has 0 atom stereocenters. The normalized spacial score (nSPS) is 16.8. The summed E-state index contributed by atoms with van der Waals surface area (Å²) in [6.45, 7) is 2.23. The molecule has 1 fully saturated rings. The highest BCUT2D eigenvalue weighted by Crippen LogP contribution is 2.43. The second-order valence-electron chi connectivity index (χ2n) is 5.30. The fourth-order valence-corrected chi connectivity index (χ4v) is 4.11. The zero-order chi connectivity index (χ0) is 19.6. The van der Waals surface area contributed by atoms with E-state index in [1.807, 2.05) is 13.0 Å². The van der Waals surface area contributed by atoms with Crippen LogP contribution in [-0.4, -0.2) is 22.8 Å². The van der Waals surface area contributed by atoms with E-state index in [9.17, 15) is 9.90 Å². The summed E-state index contributed by atoms with van der Waals surface area (Å²) >= 11 is 14.1. The summed E-state index contributed by atoms with van der Waals surface area (Å²) in [5, 5.41) is 14.1. The lowest BCUT2D eigenvalue weighted by Crippen LogP contribution is -2.19. The Morgan fingerprint density at radius 1 is 1.37 bits per heavy atom. The average molecular weight is 533 g/mol. The zero-order valence-electron chi connectivity index (χ0n) is 13.9. The number of rotatable bonds is 4. The van der Waals surface area contributed by atoms with Crippen LogP contribution in [0.5, 0.6) is 11.5 Å². The molecule has 140 valence electrons. The van der Waals surface area contributed by atoms with E-state index in [1.54, 1.807) is 30.3 Å². The van der Waals surface area contributed by atoms with E-state index >= 15 is 0 Å². The van der Waals surface area contributed by atoms with Crippen LogP contribution in [0.1, 0.15) is 12.5 Å². The van der Waals surface area contributed by atoms with Crippen LogP contribution in [0.3, 0.4) is 0 Å². The SMILES string of the molecule is CCOc1cc(Br)c(Br)c(/C=C2\SC(=Nc3ccccc3Cl)NC2=O)c1O. The molecule has 2 aromatic carbocycles. The number of thioether (sulfide) groups is 1. The van der Waals surface area contributed by atoms with Crippen molar-refractivity contribution in [2.24, 2.45) is 4.99 Å². The summed E-state index contributed by atoms with van der Waals surface area (Å²) in [7, 11) is 0. The Kier molecular flexibility index (Phi) is 6.52. The number of benzene rings is 2. The van der Waals surface area contributed by atoms with Gasteiger partial charge in [0, 0.05) is 14.5 Å². The highest BCUT2D eigenvalue weighted by atomic mass is 79.9. The lowest BCUT2D eigenvalue weighted by Gasteiger charge is -2.11. The van der Waals surface area contributed by atoms with Crippen molar-refractivity contribution in [3.05, 3.63) is 54.8 Å². The number of ether oxygens (including phenoxy) is 1. The molecule has 1 aliphatic heterocycles. The van der Waals surface area contributed by atoms with E-state index < -0.39 is 0 Å². The molecule has 0 saturated carbocycles. The highest BCUT2D eigenvalue weighted by Gasteiger charge is 2.26. The molecule has 2 aromatic rings. The van der Waals surface area contributed by atoms with Crippen LogP contribution < -0.4 is 10.1 Å². The molecule has 27 heavy (non-hydrogen) atoms. The molecule has 0 radical (unpaired) electrons. The summed E-state index contributed by atoms with van der Waals surface area (Å²) < 4.78 is 6.75. The quantitative estimate of drug-likeness (QED) is 0.484. The first-order valence-electron chi connectivity index (χ1n) is 7.78. The summed E-state index contributed by atoms with van der Waals surface area (Å²) in [4.78, 5) is 17.1. The van der Waals surface area contributed by atoms with Gasteiger partial charge in [0.05, 0.1) is 22.2 Å². The number of carbonyl (C=O) groups excluding carboxylic acids is 1. The van der Waals surface area contributed by atoms with Gasteiger partial charge in [0.2, 0.25) is 0 Å². The molecule has 3 rings (SSSR count). The molecular formula is C18H13Br2ClN2O3S. The number of para-hydroxylation sites is 1. The number of aliphatic imine (C=N–C) groups is 1. The van der Waals surface area contributed by atoms with Crippen LogP contribution in [0.25, 0.3) is 6.08 Å². The fourth-order valence-electron chi connectivity index (χ4n) is 2.27. The van der Waals surface area contributed by atoms with Gasteiger partial charge in [-0.3, -0.25) is 4.79 Å². The number of amides is 1. The first-order valence-corrected chi connectivity index (χ1v) is 10.6. The molecule has 0 spiro atoms. The molecule has 1 amide bonds. The van der Waals surface area contributed by atoms with Gasteiger partial charge in [0.15, 0.2) is 16.7 Å². The van der Waals surface area contributed by atoms with Crippen molar-refractivity contribution in [3.8, 4) is 11.5 Å². The number of aromatic hydroxyl groups is 1. The topological polar surface area (TPSA) is 70.9 Å². The predicted octanol–water partition coefficient (Wildman–Crippen LogP) is 5.86. The van der Waals surface area contributed by atoms with Crippen molar-refractivity contribution in [2.75, 3.05) is 6.61 Å². The number of amidine groups is 1. The van der Waals surface area contributed by atoms with Crippen LogP contribution in [-0.2, 0) is 4.79 Å². The van der Waals surface area contributed by atoms with Crippen molar-refractivity contribution in [3.63, 3.8) is 0 Å². The maximum absolute atomic E-state index is 12.3. The van der Waals surface area contributed by atoms with Gasteiger partial charge in [-0.15, -0.1) is 0 Å². The van der Waals surface area contributed by atoms with Crippen molar-refractivity contribution in [1.82, 2.24) is 5.32 Å². The van der Waals surface area contributed by atoms with Crippen LogP contribution in [0, 0.1) is 0 Å². The molecule has 1 saturated heterocycles. The Morgan fingerprint density at radius 3 is 2.81 bits per heavy atom. The number of carbonyl (C=O) groups is 1. The zero-order valence-corrected chi connectivity index (χ0v) is 18.7. The van der Waals surface area contributed by atoms with Crippen LogP contribution in [0.4, 0.5) is 5.69 Å². The number of nitrogens with zero attached hydrogens (tertiary/aromatic N) is 1. The van der Waals surface area contributed by atoms with E-state index in [1.165, 1.54) is 0 Å². The molecule has 1 aliphatic rings. The molecule has 9 heteroatoms. The molecule has 0 aromatic heterocycles. The number of nitrogens with one attached hydrogen (secondary N) is 1. The Labute approximate surface area is 182 Å². The van der Waals surface area contributed by atoms with Crippen LogP contribution in [0.2, 0.25) is 5.02 Å². The predicted molar refractivity (Wildman–Crippen MR) is 117 cm³/mol. The molecule has 2 N–H and O–H groups in total. The second-order valence-corrected chi connectivity index (χ2v) is 8.38. The highest BCUT2D eigenvalue weighted by molar-refractivity contribution is 9.13. The lowest BCUT2D eigenvalue weighted by atomic mass is 10.1. The number of phenols is 1. The Bertz CT molecular complexity index is 979. The Hall–Kier alpha value is -1.48. The Balaban J connectivity index is 1.97. The lowest BCUT2D eigenvalue weighted by molar-refractivity contribution is -0.115. The van der Waals surface area contributed by atoms with Gasteiger partial charge in [0.1, 0.15) is 0 Å². The van der Waals surface area contributed by atoms with E-state index in [0.29, 0.717) is 47.6 Å². The minimum absolute atomic E-state index is 0.0516. The number of hydrogen-bond acceptors (Lipinski definition) is 5. The summed E-state index contributed by atoms with van der Waals surface area (Å²) in [6, 6.07) is 8.77. The van der Waals surface area contributed by atoms with E-state index in [4.69, 9.17) is 16.3 Å². The number of hydrogen-bond donors (Lipinski definition) is 2. The van der Waals surface area contributed by atoms with Gasteiger partial charge in [-0.05, 0) is 74.8 Å². The molecule has 0 unspecified atom stereocenters. The Morgan fingerprint density at radius 2 is 2.11 bits per heavy atom. The smallest absolute Gasteiger partial charge is 0.264 e. The fraction of sp³-hybridized carbons (Fsp3) is 0.111. The van der Waals surface area contributed by atoms with E-state index in [0.717, 1.165) is 11.8 Å². The van der Waals surface area contributed by atoms with Crippen LogP contribution >= 0.6 is 55.2 Å². The molecule has 0 bridgehead atoms. The average Bonchev–Trinajstić information content (AvgIpc) is 2.98. The van der Waals surface area contributed by atoms with Crippen molar-refractivity contribution >= 4 is 78.1 Å². The number of phenolic OH excluding ortho intramolecular Hbond substituents is 1. The van der Waals surface area contributed by atoms with Gasteiger partial charge in [-0.2, -0.15) is 0 Å². The standard InChI is InChI=1S/C18H13Br2ClN2O3S/c1-2-26-13-8-10(19)15(20)9(16(13)24)7-14-17(25)23-18(27-14)22-12-6-4-3-5-11(12)21/h3-8,24H,2H2,1H3,(H,22,23,25)/b14-7-. The third kappa shape index (κ3) is 4.51. The number of halogens is 3. The third-order valence-corrected chi connectivity index (χ3v) is 6.73. The summed E-state index contributed by atoms with van der Waals surface area (Å²) in [6.07, 6.45) is 1.59. The first kappa shape index (κ1) is 20.3. The summed E-state index contributed by atoms with van der Waals surface area (Å²) in [5.41, 5.74) is 0.998. The minimum Gasteiger partial charge on any atom is -0.504 e. The van der Waals surface area contributed by atoms with Gasteiger partial charge in [-0.1, -0.05) is 23.7 Å². The van der Waals surface area contributed by atoms with Crippen LogP contribution in [0.15, 0.2) is 49.2 Å². The molecule has 1 heterocycles. The maximum atomic E-state index is 12.3. The van der Waals surface area contributed by atoms with E-state index in [-0.39, 0.29) is 11.7 Å². The van der Waals surface area contributed by atoms with Gasteiger partial charge in [-0.25, -0.2) is 4.99 Å². The van der Waals surface area contributed by atoms with Crippen molar-refractivity contribution in [2.45, 2.75) is 6.92 Å². The molecule has 5 nitrogen and oxygen atoms in total. The van der Waals surface area contributed by atoms with E-state index in [2.05, 4.69) is 42.2 Å². The van der Waals surface area contributed by atoms with Gasteiger partial charge in [0.25, 0.3) is 5.91 Å². The first-order chi connectivity index (χ1) is 12.9. The van der Waals surface area contributed by atoms with Crippen molar-refractivity contribution < 1.29 is 14.6 Å². The molecular weight excluding hydrogens is 520 g/mol. The summed E-state index contributed by atoms with van der Waals surface area (Å²) in [5.74, 6) is -0.0351. The largest absolute Gasteiger partial charge is 0.504 e. The maximum Gasteiger partial charge on any atom is 0.264 e.